The Labute approximate surface area is 155 Å². The molecule has 0 aliphatic heterocycles. The van der Waals surface area contributed by atoms with Gasteiger partial charge in [0.15, 0.2) is 0 Å². The summed E-state index contributed by atoms with van der Waals surface area (Å²) in [6.07, 6.45) is 0. The van der Waals surface area contributed by atoms with Crippen LogP contribution in [0.3, 0.4) is 0 Å². The lowest BCUT2D eigenvalue weighted by Gasteiger charge is -1.97. The molecule has 5 rings (SSSR count). The number of benzene rings is 1. The fraction of sp³-hybridized carbons (Fsp3) is 0. The molecule has 0 N–H and O–H groups in total. The molecule has 0 saturated heterocycles. The molecule has 116 valence electrons. The molecule has 2 nitrogen and oxygen atoms in total. The van der Waals surface area contributed by atoms with Gasteiger partial charge in [-0.2, -0.15) is 8.75 Å². The standard InChI is InChI=1S/C18H10N2S4/c1-3-11(18-12(4-1)19-24-20-18)13-6-7-16(22-13)17-9-8-15(23-17)14-5-2-10-21-14/h1-10H. The van der Waals surface area contributed by atoms with Crippen LogP contribution < -0.4 is 0 Å². The van der Waals surface area contributed by atoms with Gasteiger partial charge in [0.2, 0.25) is 0 Å². The molecule has 0 aliphatic rings. The lowest BCUT2D eigenvalue weighted by molar-refractivity contribution is 1.64. The van der Waals surface area contributed by atoms with Gasteiger partial charge in [0.1, 0.15) is 11.0 Å². The van der Waals surface area contributed by atoms with E-state index in [0.29, 0.717) is 0 Å². The SMILES string of the molecule is c1csc(-c2ccc(-c3ccc(-c4cccc5nsnc45)s3)s2)c1. The maximum absolute atomic E-state index is 4.46. The van der Waals surface area contributed by atoms with Crippen molar-refractivity contribution in [3.63, 3.8) is 0 Å². The molecule has 0 bridgehead atoms. The zero-order chi connectivity index (χ0) is 15.9. The largest absolute Gasteiger partial charge is 0.173 e. The lowest BCUT2D eigenvalue weighted by Crippen LogP contribution is -1.75. The Balaban J connectivity index is 1.55. The topological polar surface area (TPSA) is 25.8 Å². The molecule has 0 spiro atoms. The van der Waals surface area contributed by atoms with E-state index in [4.69, 9.17) is 0 Å². The third kappa shape index (κ3) is 2.43. The lowest BCUT2D eigenvalue weighted by atomic mass is 10.1. The minimum Gasteiger partial charge on any atom is -0.173 e. The van der Waals surface area contributed by atoms with Crippen molar-refractivity contribution < 1.29 is 0 Å². The first-order valence-electron chi connectivity index (χ1n) is 7.34. The van der Waals surface area contributed by atoms with Gasteiger partial charge < -0.3 is 0 Å². The van der Waals surface area contributed by atoms with Crippen molar-refractivity contribution in [3.8, 4) is 29.9 Å². The van der Waals surface area contributed by atoms with E-state index in [2.05, 4.69) is 62.7 Å². The predicted molar refractivity (Wildman–Crippen MR) is 107 cm³/mol. The maximum Gasteiger partial charge on any atom is 0.113 e. The molecule has 24 heavy (non-hydrogen) atoms. The highest BCUT2D eigenvalue weighted by atomic mass is 32.1. The van der Waals surface area contributed by atoms with Gasteiger partial charge in [-0.25, -0.2) is 0 Å². The molecular weight excluding hydrogens is 372 g/mol. The van der Waals surface area contributed by atoms with Crippen LogP contribution in [0.4, 0.5) is 0 Å². The van der Waals surface area contributed by atoms with Gasteiger partial charge in [-0.15, -0.1) is 34.0 Å². The number of aromatic nitrogens is 2. The summed E-state index contributed by atoms with van der Waals surface area (Å²) in [6.45, 7) is 0. The van der Waals surface area contributed by atoms with Crippen molar-refractivity contribution in [2.75, 3.05) is 0 Å². The van der Waals surface area contributed by atoms with Crippen molar-refractivity contribution >= 4 is 56.8 Å². The van der Waals surface area contributed by atoms with Gasteiger partial charge in [0.05, 0.1) is 11.7 Å². The number of nitrogens with zero attached hydrogens (tertiary/aromatic N) is 2. The second-order valence-electron chi connectivity index (χ2n) is 5.24. The van der Waals surface area contributed by atoms with Crippen LogP contribution in [0.2, 0.25) is 0 Å². The highest BCUT2D eigenvalue weighted by Crippen LogP contribution is 2.42. The number of rotatable bonds is 3. The molecule has 0 aliphatic carbocycles. The summed E-state index contributed by atoms with van der Waals surface area (Å²) in [6, 6.07) is 19.3. The number of hydrogen-bond acceptors (Lipinski definition) is 6. The summed E-state index contributed by atoms with van der Waals surface area (Å²) in [5, 5.41) is 2.13. The van der Waals surface area contributed by atoms with Crippen molar-refractivity contribution in [1.29, 1.82) is 0 Å². The first-order chi connectivity index (χ1) is 11.9. The van der Waals surface area contributed by atoms with Crippen LogP contribution in [0, 0.1) is 0 Å². The minimum absolute atomic E-state index is 0.976. The Morgan fingerprint density at radius 2 is 1.38 bits per heavy atom. The van der Waals surface area contributed by atoms with Crippen LogP contribution in [-0.4, -0.2) is 8.75 Å². The third-order valence-electron chi connectivity index (χ3n) is 3.77. The van der Waals surface area contributed by atoms with Crippen molar-refractivity contribution in [3.05, 3.63) is 60.0 Å². The third-order valence-corrected chi connectivity index (χ3v) is 7.78. The quantitative estimate of drug-likeness (QED) is 0.340. The summed E-state index contributed by atoms with van der Waals surface area (Å²) < 4.78 is 8.80. The van der Waals surface area contributed by atoms with Crippen LogP contribution in [0.15, 0.2) is 60.0 Å². The minimum atomic E-state index is 0.976. The average molecular weight is 383 g/mol. The molecule has 0 radical (unpaired) electrons. The Morgan fingerprint density at radius 3 is 2.17 bits per heavy atom. The maximum atomic E-state index is 4.46. The van der Waals surface area contributed by atoms with Crippen molar-refractivity contribution in [2.45, 2.75) is 0 Å². The molecular formula is C18H10N2S4. The van der Waals surface area contributed by atoms with Crippen LogP contribution in [0.1, 0.15) is 0 Å². The van der Waals surface area contributed by atoms with Crippen molar-refractivity contribution in [2.24, 2.45) is 0 Å². The van der Waals surface area contributed by atoms with Crippen LogP contribution >= 0.6 is 45.7 Å². The van der Waals surface area contributed by atoms with E-state index in [1.54, 1.807) is 11.3 Å². The van der Waals surface area contributed by atoms with E-state index < -0.39 is 0 Å². The second kappa shape index (κ2) is 5.89. The molecule has 4 heterocycles. The molecule has 1 aromatic carbocycles. The molecule has 0 fully saturated rings. The molecule has 4 aromatic heterocycles. The Morgan fingerprint density at radius 1 is 0.625 bits per heavy atom. The highest BCUT2D eigenvalue weighted by molar-refractivity contribution is 7.27. The molecule has 0 atom stereocenters. The first kappa shape index (κ1) is 14.5. The number of fused-ring (bicyclic) bond motifs is 1. The van der Waals surface area contributed by atoms with E-state index in [1.165, 1.54) is 41.7 Å². The van der Waals surface area contributed by atoms with Crippen LogP contribution in [-0.2, 0) is 0 Å². The summed E-state index contributed by atoms with van der Waals surface area (Å²) in [7, 11) is 0. The average Bonchev–Trinajstić information content (AvgIpc) is 3.41. The predicted octanol–water partition coefficient (Wildman–Crippen LogP) is 6.88. The molecule has 6 heteroatoms. The van der Waals surface area contributed by atoms with Gasteiger partial charge >= 0.3 is 0 Å². The van der Waals surface area contributed by atoms with E-state index in [9.17, 15) is 0 Å². The summed E-state index contributed by atoms with van der Waals surface area (Å²) in [4.78, 5) is 6.53. The Kier molecular flexibility index (Phi) is 3.56. The Bertz CT molecular complexity index is 1110. The van der Waals surface area contributed by atoms with E-state index >= 15 is 0 Å². The zero-order valence-corrected chi connectivity index (χ0v) is 15.6. The summed E-state index contributed by atoms with van der Waals surface area (Å²) in [5.74, 6) is 0. The first-order valence-corrected chi connectivity index (χ1v) is 10.6. The fourth-order valence-corrected chi connectivity index (χ4v) is 6.15. The van der Waals surface area contributed by atoms with Gasteiger partial charge in [-0.1, -0.05) is 18.2 Å². The van der Waals surface area contributed by atoms with Crippen LogP contribution in [0.25, 0.3) is 41.0 Å². The number of hydrogen-bond donors (Lipinski definition) is 0. The highest BCUT2D eigenvalue weighted by Gasteiger charge is 2.12. The van der Waals surface area contributed by atoms with E-state index in [0.717, 1.165) is 11.0 Å². The van der Waals surface area contributed by atoms with Gasteiger partial charge in [0, 0.05) is 29.9 Å². The molecule has 0 unspecified atom stereocenters. The summed E-state index contributed by atoms with van der Waals surface area (Å²) >= 11 is 6.73. The number of thiophene rings is 3. The Hall–Kier alpha value is -1.86. The summed E-state index contributed by atoms with van der Waals surface area (Å²) in [5.41, 5.74) is 3.15. The van der Waals surface area contributed by atoms with Gasteiger partial charge in [-0.3, -0.25) is 0 Å². The fourth-order valence-electron chi connectivity index (χ4n) is 2.64. The van der Waals surface area contributed by atoms with E-state index in [-0.39, 0.29) is 0 Å². The smallest absolute Gasteiger partial charge is 0.113 e. The van der Waals surface area contributed by atoms with E-state index in [1.807, 2.05) is 28.7 Å². The van der Waals surface area contributed by atoms with Crippen LogP contribution in [0.5, 0.6) is 0 Å². The molecule has 0 amide bonds. The molecule has 5 aromatic rings. The van der Waals surface area contributed by atoms with Gasteiger partial charge in [0.25, 0.3) is 0 Å². The second-order valence-corrected chi connectivity index (χ2v) is 8.89. The normalized spacial score (nSPS) is 11.3. The monoisotopic (exact) mass is 382 g/mol. The zero-order valence-electron chi connectivity index (χ0n) is 12.3. The molecule has 0 saturated carbocycles. The van der Waals surface area contributed by atoms with Crippen molar-refractivity contribution in [1.82, 2.24) is 8.75 Å². The van der Waals surface area contributed by atoms with Gasteiger partial charge in [-0.05, 0) is 41.8 Å².